The first-order chi connectivity index (χ1) is 14.2. The minimum Gasteiger partial charge on any atom is -0.490 e. The summed E-state index contributed by atoms with van der Waals surface area (Å²) in [5, 5.41) is 0.554. The third-order valence-corrected chi connectivity index (χ3v) is 5.73. The number of aromatic amines is 1. The van der Waals surface area contributed by atoms with Gasteiger partial charge in [-0.1, -0.05) is 12.5 Å². The maximum absolute atomic E-state index is 12.7. The van der Waals surface area contributed by atoms with E-state index in [9.17, 15) is 9.59 Å². The Hall–Kier alpha value is -3.09. The number of hydrogen-bond acceptors (Lipinski definition) is 5. The molecule has 1 N–H and O–H groups in total. The highest BCUT2D eigenvalue weighted by molar-refractivity contribution is 5.79. The Morgan fingerprint density at radius 2 is 1.83 bits per heavy atom. The first-order valence-corrected chi connectivity index (χ1v) is 10.2. The van der Waals surface area contributed by atoms with Crippen LogP contribution in [-0.2, 0) is 19.4 Å². The molecule has 0 spiro atoms. The smallest absolute Gasteiger partial charge is 0.330 e. The van der Waals surface area contributed by atoms with Crippen molar-refractivity contribution in [1.29, 1.82) is 0 Å². The molecule has 5 rings (SSSR count). The second-order valence-corrected chi connectivity index (χ2v) is 7.70. The second-order valence-electron chi connectivity index (χ2n) is 7.70. The molecule has 1 aromatic carbocycles. The van der Waals surface area contributed by atoms with E-state index in [1.165, 1.54) is 0 Å². The number of rotatable bonds is 2. The van der Waals surface area contributed by atoms with Gasteiger partial charge in [0, 0.05) is 12.6 Å². The molecule has 2 aliphatic rings. The summed E-state index contributed by atoms with van der Waals surface area (Å²) in [5.41, 5.74) is 2.72. The summed E-state index contributed by atoms with van der Waals surface area (Å²) < 4.78 is 13.0. The van der Waals surface area contributed by atoms with E-state index in [-0.39, 0.29) is 5.56 Å². The number of hydrogen-bond donors (Lipinski definition) is 1. The van der Waals surface area contributed by atoms with Crippen molar-refractivity contribution in [3.63, 3.8) is 0 Å². The molecule has 3 heterocycles. The fraction of sp³-hybridized carbons (Fsp3) is 0.409. The topological polar surface area (TPSA) is 86.2 Å². The molecule has 150 valence electrons. The Bertz CT molecular complexity index is 1200. The molecule has 0 bridgehead atoms. The number of aryl methyl sites for hydroxylation is 2. The summed E-state index contributed by atoms with van der Waals surface area (Å²) in [6.45, 7) is 1.53. The van der Waals surface area contributed by atoms with Gasteiger partial charge in [0.25, 0.3) is 5.56 Å². The lowest BCUT2D eigenvalue weighted by molar-refractivity contribution is 0.297. The predicted octanol–water partition coefficient (Wildman–Crippen LogP) is 2.56. The standard InChI is InChI=1S/C22H23N3O4/c26-21-19-16-6-3-1-2-5-15(16)12-23-20(19)25(22(27)24-21)13-14-7-8-17-18(11-14)29-10-4-9-28-17/h7-8,11-12H,1-6,9-10,13H2,(H,24,26,27). The van der Waals surface area contributed by atoms with Crippen LogP contribution in [0.4, 0.5) is 0 Å². The number of aromatic nitrogens is 3. The highest BCUT2D eigenvalue weighted by Gasteiger charge is 2.19. The van der Waals surface area contributed by atoms with E-state index >= 15 is 0 Å². The normalized spacial score (nSPS) is 16.1. The Morgan fingerprint density at radius 1 is 1.00 bits per heavy atom. The summed E-state index contributed by atoms with van der Waals surface area (Å²) >= 11 is 0. The first kappa shape index (κ1) is 18.0. The number of fused-ring (bicyclic) bond motifs is 4. The number of pyridine rings is 1. The van der Waals surface area contributed by atoms with Gasteiger partial charge in [-0.15, -0.1) is 0 Å². The van der Waals surface area contributed by atoms with E-state index in [1.54, 1.807) is 4.57 Å². The molecule has 2 aromatic heterocycles. The summed E-state index contributed by atoms with van der Waals surface area (Å²) in [7, 11) is 0. The lowest BCUT2D eigenvalue weighted by Gasteiger charge is -2.14. The third-order valence-electron chi connectivity index (χ3n) is 5.73. The van der Waals surface area contributed by atoms with Crippen molar-refractivity contribution >= 4 is 11.0 Å². The fourth-order valence-corrected chi connectivity index (χ4v) is 4.27. The molecule has 0 atom stereocenters. The Morgan fingerprint density at radius 3 is 2.72 bits per heavy atom. The van der Waals surface area contributed by atoms with Crippen LogP contribution in [0.25, 0.3) is 11.0 Å². The van der Waals surface area contributed by atoms with E-state index < -0.39 is 5.69 Å². The van der Waals surface area contributed by atoms with E-state index in [1.807, 2.05) is 24.4 Å². The van der Waals surface area contributed by atoms with E-state index in [0.717, 1.165) is 55.2 Å². The lowest BCUT2D eigenvalue weighted by atomic mass is 10.0. The second kappa shape index (κ2) is 7.39. The minimum absolute atomic E-state index is 0.300. The monoisotopic (exact) mass is 393 g/mol. The predicted molar refractivity (Wildman–Crippen MR) is 109 cm³/mol. The molecule has 7 heteroatoms. The molecule has 1 aliphatic heterocycles. The van der Waals surface area contributed by atoms with Gasteiger partial charge in [0.1, 0.15) is 5.65 Å². The van der Waals surface area contributed by atoms with Gasteiger partial charge >= 0.3 is 5.69 Å². The van der Waals surface area contributed by atoms with Gasteiger partial charge in [-0.05, 0) is 54.5 Å². The maximum Gasteiger partial charge on any atom is 0.330 e. The van der Waals surface area contributed by atoms with Crippen LogP contribution >= 0.6 is 0 Å². The molecular formula is C22H23N3O4. The largest absolute Gasteiger partial charge is 0.490 e. The zero-order valence-electron chi connectivity index (χ0n) is 16.2. The summed E-state index contributed by atoms with van der Waals surface area (Å²) in [6, 6.07) is 5.68. The zero-order valence-corrected chi connectivity index (χ0v) is 16.2. The summed E-state index contributed by atoms with van der Waals surface area (Å²) in [4.78, 5) is 32.4. The molecule has 0 radical (unpaired) electrons. The van der Waals surface area contributed by atoms with Gasteiger partial charge in [0.15, 0.2) is 11.5 Å². The Labute approximate surface area is 167 Å². The van der Waals surface area contributed by atoms with Gasteiger partial charge in [-0.2, -0.15) is 0 Å². The van der Waals surface area contributed by atoms with Gasteiger partial charge in [-0.25, -0.2) is 9.78 Å². The molecule has 1 aliphatic carbocycles. The average Bonchev–Trinajstić information content (AvgIpc) is 3.10. The number of nitrogens with zero attached hydrogens (tertiary/aromatic N) is 2. The van der Waals surface area contributed by atoms with Gasteiger partial charge in [-0.3, -0.25) is 14.3 Å². The molecule has 29 heavy (non-hydrogen) atoms. The van der Waals surface area contributed by atoms with Crippen LogP contribution in [0.5, 0.6) is 11.5 Å². The highest BCUT2D eigenvalue weighted by Crippen LogP contribution is 2.31. The van der Waals surface area contributed by atoms with Crippen LogP contribution in [0.2, 0.25) is 0 Å². The molecule has 3 aromatic rings. The van der Waals surface area contributed by atoms with Gasteiger partial charge in [0.2, 0.25) is 0 Å². The number of benzene rings is 1. The van der Waals surface area contributed by atoms with Gasteiger partial charge in [0.05, 0.1) is 25.1 Å². The van der Waals surface area contributed by atoms with Crippen molar-refractivity contribution in [2.24, 2.45) is 0 Å². The molecule has 0 fully saturated rings. The van der Waals surface area contributed by atoms with Crippen molar-refractivity contribution in [2.45, 2.75) is 45.1 Å². The number of nitrogens with one attached hydrogen (secondary N) is 1. The molecule has 0 saturated heterocycles. The van der Waals surface area contributed by atoms with Crippen molar-refractivity contribution in [2.75, 3.05) is 13.2 Å². The van der Waals surface area contributed by atoms with Crippen LogP contribution < -0.4 is 20.7 Å². The van der Waals surface area contributed by atoms with Crippen LogP contribution in [0.15, 0.2) is 34.0 Å². The number of H-pyrrole nitrogens is 1. The molecular weight excluding hydrogens is 370 g/mol. The SMILES string of the molecule is O=c1[nH]c(=O)n(Cc2ccc3c(c2)OCCCO3)c2ncc3c(c12)CCCCC3. The molecule has 0 amide bonds. The van der Waals surface area contributed by atoms with Crippen LogP contribution in [0, 0.1) is 0 Å². The zero-order chi connectivity index (χ0) is 19.8. The summed E-state index contributed by atoms with van der Waals surface area (Å²) in [5.74, 6) is 1.40. The molecule has 0 unspecified atom stereocenters. The Balaban J connectivity index is 1.62. The van der Waals surface area contributed by atoms with Crippen LogP contribution in [0.3, 0.4) is 0 Å². The fourth-order valence-electron chi connectivity index (χ4n) is 4.27. The van der Waals surface area contributed by atoms with E-state index in [0.29, 0.717) is 42.3 Å². The average molecular weight is 393 g/mol. The third kappa shape index (κ3) is 3.30. The van der Waals surface area contributed by atoms with Crippen molar-refractivity contribution in [3.05, 3.63) is 61.9 Å². The summed E-state index contributed by atoms with van der Waals surface area (Å²) in [6.07, 6.45) is 7.75. The van der Waals surface area contributed by atoms with Crippen LogP contribution in [-0.4, -0.2) is 27.7 Å². The highest BCUT2D eigenvalue weighted by atomic mass is 16.5. The van der Waals surface area contributed by atoms with Crippen molar-refractivity contribution < 1.29 is 9.47 Å². The Kier molecular flexibility index (Phi) is 4.58. The van der Waals surface area contributed by atoms with Gasteiger partial charge < -0.3 is 9.47 Å². The quantitative estimate of drug-likeness (QED) is 0.677. The first-order valence-electron chi connectivity index (χ1n) is 10.2. The minimum atomic E-state index is -0.448. The lowest BCUT2D eigenvalue weighted by Crippen LogP contribution is -2.32. The van der Waals surface area contributed by atoms with E-state index in [2.05, 4.69) is 9.97 Å². The van der Waals surface area contributed by atoms with Crippen LogP contribution in [0.1, 0.15) is 42.4 Å². The maximum atomic E-state index is 12.7. The van der Waals surface area contributed by atoms with E-state index in [4.69, 9.17) is 9.47 Å². The molecule has 0 saturated carbocycles. The van der Waals surface area contributed by atoms with Crippen molar-refractivity contribution in [3.8, 4) is 11.5 Å². The van der Waals surface area contributed by atoms with Crippen molar-refractivity contribution in [1.82, 2.24) is 14.5 Å². The molecule has 7 nitrogen and oxygen atoms in total. The number of ether oxygens (including phenoxy) is 2.